The Kier molecular flexibility index (Phi) is 45.4. The smallest absolute Gasteiger partial charge is 0.416 e. The van der Waals surface area contributed by atoms with Crippen molar-refractivity contribution >= 4 is 166 Å². The normalized spacial score (nSPS) is 19.8. The predicted molar refractivity (Wildman–Crippen MR) is 569 cm³/mol. The minimum absolute atomic E-state index is 0.0198. The van der Waals surface area contributed by atoms with Gasteiger partial charge in [-0.25, -0.2) is 127 Å². The highest BCUT2D eigenvalue weighted by Crippen LogP contribution is 2.45. The number of hydrogen-bond donors (Lipinski definition) is 3. The first kappa shape index (κ1) is 122. The number of hydrogen-bond acceptors (Lipinski definition) is 37. The maximum Gasteiger partial charge on any atom is 0.416 e. The maximum atomic E-state index is 13.9. The number of nitrogens with zero attached hydrogens (tertiary/aromatic N) is 19. The number of halogens is 12. The van der Waals surface area contributed by atoms with Gasteiger partial charge in [0.25, 0.3) is 5.16 Å². The van der Waals surface area contributed by atoms with Gasteiger partial charge in [0, 0.05) is 219 Å². The molecule has 5 saturated heterocycles. The van der Waals surface area contributed by atoms with Gasteiger partial charge in [0.15, 0.2) is 30.2 Å². The minimum Gasteiger partial charge on any atom is -0.443 e. The number of rotatable bonds is 19. The first-order chi connectivity index (χ1) is 70.7. The highest BCUT2D eigenvalue weighted by atomic mass is 79.9. The van der Waals surface area contributed by atoms with Crippen LogP contribution in [0.15, 0.2) is 67.3 Å². The first-order valence-corrected chi connectivity index (χ1v) is 58.6. The van der Waals surface area contributed by atoms with Gasteiger partial charge in [-0.05, 0) is 175 Å². The molecule has 5 aliphatic carbocycles. The molecule has 7 aromatic heterocycles. The largest absolute Gasteiger partial charge is 0.443 e. The Morgan fingerprint density at radius 1 is 0.427 bits per heavy atom. The van der Waals surface area contributed by atoms with Crippen molar-refractivity contribution < 1.29 is 105 Å². The molecule has 5 aliphatic heterocycles. The summed E-state index contributed by atoms with van der Waals surface area (Å²) < 4.78 is 205. The molecule has 5 saturated carbocycles. The van der Waals surface area contributed by atoms with E-state index in [1.807, 2.05) is 49.8 Å². The number of ether oxygens (including phenoxy) is 8. The summed E-state index contributed by atoms with van der Waals surface area (Å²) in [5.74, 6) is -8.20. The third-order valence-corrected chi connectivity index (χ3v) is 29.7. The number of sulfone groups is 1. The lowest BCUT2D eigenvalue weighted by molar-refractivity contribution is -0.0392. The van der Waals surface area contributed by atoms with E-state index in [4.69, 9.17) is 59.5 Å². The van der Waals surface area contributed by atoms with Crippen molar-refractivity contribution in [2.24, 2.45) is 0 Å². The predicted octanol–water partition coefficient (Wildman–Crippen LogP) is 21.1. The summed E-state index contributed by atoms with van der Waals surface area (Å²) in [5.41, 5.74) is -2.30. The molecule has 17 rings (SSSR count). The van der Waals surface area contributed by atoms with E-state index in [1.165, 1.54) is 72.3 Å². The zero-order chi connectivity index (χ0) is 109. The third-order valence-electron chi connectivity index (χ3n) is 24.7. The van der Waals surface area contributed by atoms with E-state index in [9.17, 15) is 66.7 Å². The van der Waals surface area contributed by atoms with Crippen molar-refractivity contribution in [1.82, 2.24) is 65.1 Å². The molecule has 0 aromatic carbocycles. The Morgan fingerprint density at radius 2 is 0.733 bits per heavy atom. The molecule has 0 bridgehead atoms. The monoisotopic (exact) mass is 2320 g/mol. The van der Waals surface area contributed by atoms with Crippen LogP contribution in [-0.2, 0) is 47.7 Å². The molecule has 10 fully saturated rings. The van der Waals surface area contributed by atoms with Crippen molar-refractivity contribution in [3.8, 4) is 10.8 Å². The average molecular weight is 2320 g/mol. The number of amides is 3. The molecule has 35 nitrogen and oxygen atoms in total. The molecular weight excluding hydrogens is 2180 g/mol. The highest BCUT2D eigenvalue weighted by Gasteiger charge is 2.46. The van der Waals surface area contributed by atoms with Gasteiger partial charge in [-0.2, -0.15) is 0 Å². The lowest BCUT2D eigenvalue weighted by Crippen LogP contribution is -2.47. The van der Waals surface area contributed by atoms with Gasteiger partial charge in [0.05, 0.1) is 66.1 Å². The van der Waals surface area contributed by atoms with Gasteiger partial charge in [-0.3, -0.25) is 14.7 Å². The number of aryl methyl sites for hydroxylation is 2. The van der Waals surface area contributed by atoms with Crippen LogP contribution in [0.5, 0.6) is 0 Å². The Balaban J connectivity index is 0.000000174. The second-order valence-corrected chi connectivity index (χ2v) is 48.8. The molecule has 53 heteroatoms. The highest BCUT2D eigenvalue weighted by molar-refractivity contribution is 9.11. The van der Waals surface area contributed by atoms with Crippen LogP contribution in [0.25, 0.3) is 10.8 Å². The van der Waals surface area contributed by atoms with Crippen LogP contribution in [0.1, 0.15) is 200 Å². The summed E-state index contributed by atoms with van der Waals surface area (Å²) in [6.45, 7) is 33.4. The summed E-state index contributed by atoms with van der Waals surface area (Å²) in [7, 11) is -3.81. The van der Waals surface area contributed by atoms with Crippen molar-refractivity contribution in [1.29, 1.82) is 0 Å². The van der Waals surface area contributed by atoms with Gasteiger partial charge < -0.3 is 73.4 Å². The fourth-order valence-electron chi connectivity index (χ4n) is 17.1. The average Bonchev–Trinajstić information content (AvgIpc) is 1.02. The van der Waals surface area contributed by atoms with Crippen LogP contribution in [-0.4, -0.2) is 320 Å². The van der Waals surface area contributed by atoms with Crippen LogP contribution in [0.2, 0.25) is 5.15 Å². The number of thiazole rings is 2. The second kappa shape index (κ2) is 55.6. The zero-order valence-electron chi connectivity index (χ0n) is 87.5. The number of nitrogens with one attached hydrogen (secondary N) is 3. The molecule has 0 radical (unpaired) electrons. The number of anilines is 9. The van der Waals surface area contributed by atoms with E-state index in [0.29, 0.717) is 184 Å². The maximum absolute atomic E-state index is 13.9. The molecule has 3 amide bonds. The molecule has 836 valence electrons. The van der Waals surface area contributed by atoms with Gasteiger partial charge in [0.2, 0.25) is 39.4 Å². The summed E-state index contributed by atoms with van der Waals surface area (Å²) in [6.07, 6.45) is 8.83. The molecule has 0 atom stereocenters. The van der Waals surface area contributed by atoms with Crippen LogP contribution in [0.4, 0.5) is 111 Å². The Bertz CT molecular complexity index is 5520. The van der Waals surface area contributed by atoms with Crippen molar-refractivity contribution in [3.05, 3.63) is 61.5 Å². The minimum atomic E-state index is -3.81. The lowest BCUT2D eigenvalue weighted by atomic mass is 9.91. The summed E-state index contributed by atoms with van der Waals surface area (Å²) in [6, 6.07) is 7.16. The van der Waals surface area contributed by atoms with Crippen LogP contribution < -0.4 is 50.2 Å². The number of thioether (sulfide) groups is 3. The van der Waals surface area contributed by atoms with E-state index in [0.717, 1.165) is 66.1 Å². The van der Waals surface area contributed by atoms with E-state index < -0.39 is 97.8 Å². The van der Waals surface area contributed by atoms with E-state index in [2.05, 4.69) is 96.4 Å². The molecule has 7 aromatic rings. The number of alkyl halides is 10. The third kappa shape index (κ3) is 40.4. The zero-order valence-corrected chi connectivity index (χ0v) is 94.7. The molecule has 150 heavy (non-hydrogen) atoms. The van der Waals surface area contributed by atoms with Crippen molar-refractivity contribution in [2.45, 2.75) is 302 Å². The van der Waals surface area contributed by atoms with Crippen LogP contribution >= 0.6 is 85.5 Å². The second-order valence-electron chi connectivity index (χ2n) is 40.4. The SMILES string of the molecule is C1COCCN1.CC(C)(C)OC(=O)N(c1cc(N2CCOCC2)nc(S(C)(=O)=O)n1)C1CCC(F)(F)CC1.CSc1nc(Cl)cc(NC2CCC(F)(F)CC2)n1.CSc1nc(N2CCOCC2)cc(N(C(=O)OC(C)(C)C)C2CCC(F)(F)CC2)n1.CSc1nc(NC2CCC(F)(F)CC2)cc(N2CCOCC2)n1.Cc1cnc(-c2nc(N3CCOCC3)cc(N(C(=O)OC(C)(C)C)C3CCC(F)(F)CC3)n2)s1.Cc1cnc(Br)s1. The fourth-order valence-corrected chi connectivity index (χ4v) is 21.0. The Labute approximate surface area is 905 Å². The molecule has 10 aliphatic rings. The molecular formula is C97H140BrClF10N22O13S6. The van der Waals surface area contributed by atoms with Gasteiger partial charge in [-0.15, -0.1) is 22.7 Å². The van der Waals surface area contributed by atoms with Gasteiger partial charge in [0.1, 0.15) is 74.3 Å². The summed E-state index contributed by atoms with van der Waals surface area (Å²) >= 11 is 16.5. The van der Waals surface area contributed by atoms with E-state index in [1.54, 1.807) is 98.0 Å². The topological polar surface area (TPSA) is 373 Å². The number of carbonyl (C=O) groups is 3. The molecule has 12 heterocycles. The van der Waals surface area contributed by atoms with Crippen molar-refractivity contribution in [3.63, 3.8) is 0 Å². The lowest BCUT2D eigenvalue weighted by Gasteiger charge is -2.37. The number of aromatic nitrogens is 12. The Hall–Kier alpha value is -7.90. The van der Waals surface area contributed by atoms with Gasteiger partial charge >= 0.3 is 18.3 Å². The van der Waals surface area contributed by atoms with Crippen LogP contribution in [0, 0.1) is 13.8 Å². The van der Waals surface area contributed by atoms with E-state index in [-0.39, 0.29) is 121 Å². The molecule has 3 N–H and O–H groups in total. The quantitative estimate of drug-likeness (QED) is 0.0222. The summed E-state index contributed by atoms with van der Waals surface area (Å²) in [4.78, 5) is 107. The summed E-state index contributed by atoms with van der Waals surface area (Å²) in [5, 5.41) is 12.0. The van der Waals surface area contributed by atoms with Crippen LogP contribution in [0.3, 0.4) is 0 Å². The molecule has 0 spiro atoms. The van der Waals surface area contributed by atoms with Gasteiger partial charge in [-0.1, -0.05) is 46.9 Å². The fraction of sp³-hybridized carbons (Fsp3) is 0.701. The molecule has 0 unspecified atom stereocenters. The van der Waals surface area contributed by atoms with E-state index >= 15 is 0 Å². The van der Waals surface area contributed by atoms with Crippen molar-refractivity contribution in [2.75, 3.05) is 201 Å². The number of carbonyl (C=O) groups excluding carboxylic acids is 3. The first-order valence-electron chi connectivity index (χ1n) is 50.2. The Morgan fingerprint density at radius 3 is 1.04 bits per heavy atom. The number of morpholine rings is 5. The standard InChI is InChI=1S/C23H31F2N5O3S.C20H30F2N4O5S.C20H30F2N4O3S.C15H22F2N4OS.C11H14ClF2N3S.C4H4BrNS.C4H9NO/c1-15-14-26-20(34-15)19-27-17(29-9-11-32-12-10-29)13-18(28-19)30(21(31)33-22(2,3)4)16-5-7-23(24,25)8-6-16;1-19(2,3)31-18(27)26(14-5-7-20(21,22)8-6-14)16-13-15(25-9-11-30-12-10-25)23-17(24-16)32(4,28)29;1-19(2,3)29-18(27)26(14-5-7-20(21,22)8-6-14)16-13-15(23-17(24-16)30-4)25-9-11-28-12-10-25;1-23-14-19-12(18-11-2-4-15(16,17)5-3-11)10-13(20-14)21-6-8-22-9-7-21;1-18-10-16-8(12)6-9(17-10)15-7-2-4-11(13,14)5-3-7;1-3-2-6-4(5)7-3;1-3-6-4-2-5-1/h13-14,16H,5-12H2,1-4H3;13-14H,5-12H2,1-4H3;13-14H,5-12H2,1-4H3;10-11H,2-9H2,1H3,(H,18,19,20);6-7H,2-5H2,1H3,(H,15,16,17);2H,1H3;5H,1-4H2.